The Morgan fingerprint density at radius 2 is 2.14 bits per heavy atom. The first kappa shape index (κ1) is 19.1. The molecule has 0 aromatic carbocycles. The molecular formula is C18H15ClN6O3S. The molecule has 3 aromatic heterocycles. The number of halogens is 1. The molecule has 0 radical (unpaired) electrons. The number of nitrogen functional groups attached to an aromatic ring is 1. The van der Waals surface area contributed by atoms with Gasteiger partial charge in [-0.3, -0.25) is 9.69 Å². The quantitative estimate of drug-likeness (QED) is 0.427. The average Bonchev–Trinajstić information content (AvgIpc) is 3.30. The van der Waals surface area contributed by atoms with Gasteiger partial charge < -0.3 is 15.8 Å². The number of hydrogen-bond acceptors (Lipinski definition) is 7. The maximum Gasteiger partial charge on any atom is 0.337 e. The Balaban J connectivity index is 1.80. The fourth-order valence-electron chi connectivity index (χ4n) is 3.01. The molecule has 9 nitrogen and oxygen atoms in total. The molecule has 0 bridgehead atoms. The van der Waals surface area contributed by atoms with Gasteiger partial charge in [-0.2, -0.15) is 4.98 Å². The maximum atomic E-state index is 13.2. The second-order valence-electron chi connectivity index (χ2n) is 6.42. The van der Waals surface area contributed by atoms with Crippen molar-refractivity contribution in [2.75, 3.05) is 10.6 Å². The first-order valence-electron chi connectivity index (χ1n) is 8.46. The van der Waals surface area contributed by atoms with Crippen LogP contribution in [0.25, 0.3) is 11.6 Å². The Labute approximate surface area is 173 Å². The zero-order valence-corrected chi connectivity index (χ0v) is 16.9. The molecule has 1 aliphatic heterocycles. The summed E-state index contributed by atoms with van der Waals surface area (Å²) >= 11 is 7.78. The lowest BCUT2D eigenvalue weighted by atomic mass is 10.1. The summed E-state index contributed by atoms with van der Waals surface area (Å²) in [7, 11) is 0. The lowest BCUT2D eigenvalue weighted by Crippen LogP contribution is -2.26. The number of aromatic carboxylic acids is 1. The van der Waals surface area contributed by atoms with E-state index in [0.717, 1.165) is 15.6 Å². The molecule has 148 valence electrons. The van der Waals surface area contributed by atoms with Crippen molar-refractivity contribution in [2.45, 2.75) is 20.4 Å². The molecule has 0 unspecified atom stereocenters. The number of carboxylic acid groups (broad SMARTS) is 1. The number of nitrogens with one attached hydrogen (secondary N) is 1. The highest BCUT2D eigenvalue weighted by atomic mass is 35.5. The SMILES string of the molecule is Cc1nc(CN2C(=O)/C(=C/c3cc(C(=O)O)c[nH]3)c3c(Cl)nc(N)nc32)sc1C. The first-order valence-corrected chi connectivity index (χ1v) is 9.65. The summed E-state index contributed by atoms with van der Waals surface area (Å²) in [4.78, 5) is 42.3. The van der Waals surface area contributed by atoms with Crippen molar-refractivity contribution in [2.24, 2.45) is 0 Å². The highest BCUT2D eigenvalue weighted by Gasteiger charge is 2.37. The van der Waals surface area contributed by atoms with Crippen molar-refractivity contribution in [1.82, 2.24) is 19.9 Å². The summed E-state index contributed by atoms with van der Waals surface area (Å²) < 4.78 is 0. The number of carboxylic acids is 1. The smallest absolute Gasteiger partial charge is 0.337 e. The van der Waals surface area contributed by atoms with Crippen LogP contribution in [0.15, 0.2) is 12.3 Å². The molecule has 0 saturated heterocycles. The van der Waals surface area contributed by atoms with Gasteiger partial charge in [0.05, 0.1) is 28.9 Å². The van der Waals surface area contributed by atoms with Crippen molar-refractivity contribution in [3.8, 4) is 0 Å². The number of rotatable bonds is 4. The van der Waals surface area contributed by atoms with E-state index < -0.39 is 5.97 Å². The van der Waals surface area contributed by atoms with Gasteiger partial charge in [-0.15, -0.1) is 11.3 Å². The Kier molecular flexibility index (Phi) is 4.59. The fourth-order valence-corrected chi connectivity index (χ4v) is 4.21. The summed E-state index contributed by atoms with van der Waals surface area (Å²) in [6.07, 6.45) is 2.87. The van der Waals surface area contributed by atoms with Crippen molar-refractivity contribution in [3.05, 3.63) is 49.8 Å². The first-order chi connectivity index (χ1) is 13.7. The van der Waals surface area contributed by atoms with Crippen LogP contribution in [0.3, 0.4) is 0 Å². The van der Waals surface area contributed by atoms with Crippen LogP contribution in [0.5, 0.6) is 0 Å². The standard InChI is InChI=1S/C18H15ClN6O3S/c1-7-8(2)29-12(22-7)6-25-15-13(14(19)23-18(20)24-15)11(16(25)26)4-10-3-9(5-21-10)17(27)28/h3-5,21H,6H2,1-2H3,(H,27,28)(H2,20,23,24)/b11-4+. The topological polar surface area (TPSA) is 138 Å². The van der Waals surface area contributed by atoms with E-state index in [4.69, 9.17) is 22.4 Å². The number of aromatic nitrogens is 4. The summed E-state index contributed by atoms with van der Waals surface area (Å²) in [6.45, 7) is 4.08. The summed E-state index contributed by atoms with van der Waals surface area (Å²) in [5.74, 6) is -1.17. The number of nitrogens with zero attached hydrogens (tertiary/aromatic N) is 4. The molecule has 1 amide bonds. The number of hydrogen-bond donors (Lipinski definition) is 3. The predicted molar refractivity (Wildman–Crippen MR) is 110 cm³/mol. The lowest BCUT2D eigenvalue weighted by Gasteiger charge is -2.14. The van der Waals surface area contributed by atoms with Crippen LogP contribution in [0.1, 0.15) is 37.2 Å². The molecule has 11 heteroatoms. The molecule has 0 spiro atoms. The van der Waals surface area contributed by atoms with Gasteiger partial charge in [0.15, 0.2) is 5.82 Å². The second kappa shape index (κ2) is 6.98. The number of aryl methyl sites for hydroxylation is 2. The van der Waals surface area contributed by atoms with E-state index in [9.17, 15) is 9.59 Å². The van der Waals surface area contributed by atoms with E-state index in [1.165, 1.54) is 34.6 Å². The molecule has 0 fully saturated rings. The minimum Gasteiger partial charge on any atom is -0.478 e. The Hall–Kier alpha value is -3.24. The van der Waals surface area contributed by atoms with Crippen LogP contribution < -0.4 is 10.6 Å². The predicted octanol–water partition coefficient (Wildman–Crippen LogP) is 2.90. The number of anilines is 2. The Morgan fingerprint density at radius 1 is 1.38 bits per heavy atom. The van der Waals surface area contributed by atoms with E-state index in [1.54, 1.807) is 0 Å². The van der Waals surface area contributed by atoms with Gasteiger partial charge >= 0.3 is 5.97 Å². The third-order valence-corrected chi connectivity index (χ3v) is 5.81. The van der Waals surface area contributed by atoms with E-state index in [-0.39, 0.29) is 34.7 Å². The van der Waals surface area contributed by atoms with Crippen LogP contribution in [0.4, 0.5) is 11.8 Å². The van der Waals surface area contributed by atoms with Gasteiger partial charge in [0.25, 0.3) is 5.91 Å². The zero-order chi connectivity index (χ0) is 20.9. The summed E-state index contributed by atoms with van der Waals surface area (Å²) in [5.41, 5.74) is 7.76. The molecule has 3 aromatic rings. The van der Waals surface area contributed by atoms with Gasteiger partial charge in [0.2, 0.25) is 5.95 Å². The largest absolute Gasteiger partial charge is 0.478 e. The molecule has 4 heterocycles. The highest BCUT2D eigenvalue weighted by Crippen LogP contribution is 2.41. The van der Waals surface area contributed by atoms with Gasteiger partial charge in [0, 0.05) is 16.8 Å². The van der Waals surface area contributed by atoms with Gasteiger partial charge in [0.1, 0.15) is 10.2 Å². The van der Waals surface area contributed by atoms with Gasteiger partial charge in [-0.25, -0.2) is 14.8 Å². The third-order valence-electron chi connectivity index (χ3n) is 4.48. The molecule has 4 N–H and O–H groups in total. The van der Waals surface area contributed by atoms with Crippen LogP contribution in [0, 0.1) is 13.8 Å². The van der Waals surface area contributed by atoms with E-state index in [0.29, 0.717) is 17.1 Å². The number of H-pyrrole nitrogens is 1. The minimum atomic E-state index is -1.07. The van der Waals surface area contributed by atoms with Crippen LogP contribution in [0.2, 0.25) is 5.15 Å². The van der Waals surface area contributed by atoms with Gasteiger partial charge in [-0.05, 0) is 26.0 Å². The summed E-state index contributed by atoms with van der Waals surface area (Å²) in [6, 6.07) is 1.42. The number of nitrogens with two attached hydrogens (primary N) is 1. The normalized spacial score (nSPS) is 14.7. The number of carbonyl (C=O) groups is 2. The molecular weight excluding hydrogens is 416 g/mol. The minimum absolute atomic E-state index is 0.0473. The van der Waals surface area contributed by atoms with Crippen molar-refractivity contribution in [3.63, 3.8) is 0 Å². The Morgan fingerprint density at radius 3 is 2.76 bits per heavy atom. The number of thiazole rings is 1. The molecule has 4 rings (SSSR count). The van der Waals surface area contributed by atoms with Crippen molar-refractivity contribution < 1.29 is 14.7 Å². The van der Waals surface area contributed by atoms with Crippen LogP contribution in [-0.4, -0.2) is 36.9 Å². The molecule has 0 atom stereocenters. The van der Waals surface area contributed by atoms with Crippen molar-refractivity contribution >= 4 is 58.2 Å². The zero-order valence-electron chi connectivity index (χ0n) is 15.4. The molecule has 0 aliphatic carbocycles. The fraction of sp³-hybridized carbons (Fsp3) is 0.167. The van der Waals surface area contributed by atoms with Crippen LogP contribution >= 0.6 is 22.9 Å². The average molecular weight is 431 g/mol. The van der Waals surface area contributed by atoms with E-state index in [2.05, 4.69) is 19.9 Å². The van der Waals surface area contributed by atoms with Crippen molar-refractivity contribution in [1.29, 1.82) is 0 Å². The molecule has 0 saturated carbocycles. The van der Waals surface area contributed by atoms with Gasteiger partial charge in [-0.1, -0.05) is 11.6 Å². The number of amides is 1. The number of carbonyl (C=O) groups excluding carboxylic acids is 1. The molecule has 29 heavy (non-hydrogen) atoms. The number of fused-ring (bicyclic) bond motifs is 1. The monoisotopic (exact) mass is 430 g/mol. The lowest BCUT2D eigenvalue weighted by molar-refractivity contribution is -0.113. The number of aromatic amines is 1. The Bertz CT molecular complexity index is 1180. The highest BCUT2D eigenvalue weighted by molar-refractivity contribution is 7.11. The third kappa shape index (κ3) is 3.36. The summed E-state index contributed by atoms with van der Waals surface area (Å²) in [5, 5.41) is 9.90. The second-order valence-corrected chi connectivity index (χ2v) is 8.06. The maximum absolute atomic E-state index is 13.2. The van der Waals surface area contributed by atoms with E-state index in [1.807, 2.05) is 13.8 Å². The van der Waals surface area contributed by atoms with Crippen LogP contribution in [-0.2, 0) is 11.3 Å². The van der Waals surface area contributed by atoms with E-state index >= 15 is 0 Å². The molecule has 1 aliphatic rings.